The van der Waals surface area contributed by atoms with Gasteiger partial charge in [-0.1, -0.05) is 18.2 Å². The Hall–Kier alpha value is -3.87. The lowest BCUT2D eigenvalue weighted by Crippen LogP contribution is -2.05. The second-order valence-corrected chi connectivity index (χ2v) is 7.03. The van der Waals surface area contributed by atoms with Crippen molar-refractivity contribution in [2.75, 3.05) is 5.73 Å². The van der Waals surface area contributed by atoms with Gasteiger partial charge in [-0.3, -0.25) is 9.48 Å². The van der Waals surface area contributed by atoms with Crippen LogP contribution >= 0.6 is 0 Å². The highest BCUT2D eigenvalue weighted by molar-refractivity contribution is 6.24. The van der Waals surface area contributed by atoms with Crippen molar-refractivity contribution >= 4 is 11.7 Å². The molecule has 0 atom stereocenters. The van der Waals surface area contributed by atoms with E-state index in [9.17, 15) is 9.18 Å². The molecule has 0 spiro atoms. The summed E-state index contributed by atoms with van der Waals surface area (Å²) in [7, 11) is 1.86. The molecular weight excluding hydrogens is 369 g/mol. The molecule has 142 valence electrons. The van der Waals surface area contributed by atoms with E-state index >= 15 is 0 Å². The molecule has 0 fully saturated rings. The van der Waals surface area contributed by atoms with E-state index in [2.05, 4.69) is 15.1 Å². The molecule has 4 aromatic rings. The van der Waals surface area contributed by atoms with E-state index in [0.717, 1.165) is 16.7 Å². The van der Waals surface area contributed by atoms with E-state index in [4.69, 9.17) is 5.73 Å². The maximum absolute atomic E-state index is 13.4. The number of aromatic nitrogens is 4. The second-order valence-electron chi connectivity index (χ2n) is 7.03. The van der Waals surface area contributed by atoms with Crippen LogP contribution < -0.4 is 5.73 Å². The zero-order chi connectivity index (χ0) is 20.1. The molecule has 0 amide bonds. The quantitative estimate of drug-likeness (QED) is 0.514. The average molecular weight is 385 g/mol. The van der Waals surface area contributed by atoms with Crippen LogP contribution in [0.25, 0.3) is 22.5 Å². The van der Waals surface area contributed by atoms with Gasteiger partial charge in [-0.2, -0.15) is 5.10 Å². The lowest BCUT2D eigenvalue weighted by atomic mass is 9.98. The smallest absolute Gasteiger partial charge is 0.221 e. The second kappa shape index (κ2) is 6.34. The first-order valence-corrected chi connectivity index (χ1v) is 9.09. The lowest BCUT2D eigenvalue weighted by Gasteiger charge is -2.09. The normalized spacial score (nSPS) is 12.1. The van der Waals surface area contributed by atoms with E-state index in [1.165, 1.54) is 12.1 Å². The Morgan fingerprint density at radius 3 is 2.52 bits per heavy atom. The number of hydrogen-bond donors (Lipinski definition) is 1. The number of carbonyl (C=O) groups excluding carboxylic acids is 1. The summed E-state index contributed by atoms with van der Waals surface area (Å²) in [6.45, 7) is 0. The Morgan fingerprint density at radius 1 is 1.03 bits per heavy atom. The van der Waals surface area contributed by atoms with Crippen molar-refractivity contribution in [1.29, 1.82) is 0 Å². The summed E-state index contributed by atoms with van der Waals surface area (Å²) in [5, 5.41) is 4.21. The number of nitrogen functional groups attached to an aromatic ring is 1. The minimum atomic E-state index is -0.360. The molecule has 2 aromatic heterocycles. The molecule has 2 N–H and O–H groups in total. The first-order chi connectivity index (χ1) is 14.0. The molecule has 5 rings (SSSR count). The van der Waals surface area contributed by atoms with Gasteiger partial charge in [0.05, 0.1) is 23.1 Å². The number of benzene rings is 2. The third kappa shape index (κ3) is 2.79. The first-order valence-electron chi connectivity index (χ1n) is 9.09. The molecule has 0 radical (unpaired) electrons. The Labute approximate surface area is 165 Å². The fourth-order valence-corrected chi connectivity index (χ4v) is 3.82. The largest absolute Gasteiger partial charge is 0.368 e. The summed E-state index contributed by atoms with van der Waals surface area (Å²) in [6.07, 6.45) is 4.35. The van der Waals surface area contributed by atoms with Crippen LogP contribution in [-0.4, -0.2) is 25.5 Å². The Balaban J connectivity index is 1.71. The van der Waals surface area contributed by atoms with E-state index < -0.39 is 0 Å². The number of halogens is 1. The maximum atomic E-state index is 13.4. The Kier molecular flexibility index (Phi) is 3.77. The number of fused-ring (bicyclic) bond motifs is 3. The number of anilines is 1. The van der Waals surface area contributed by atoms with Crippen molar-refractivity contribution in [3.8, 4) is 22.5 Å². The number of carbonyl (C=O) groups is 1. The highest BCUT2D eigenvalue weighted by Gasteiger charge is 2.34. The molecule has 2 heterocycles. The molecule has 0 saturated carbocycles. The predicted octanol–water partition coefficient (Wildman–Crippen LogP) is 3.40. The Morgan fingerprint density at radius 2 is 1.79 bits per heavy atom. The third-order valence-electron chi connectivity index (χ3n) is 5.06. The van der Waals surface area contributed by atoms with E-state index in [-0.39, 0.29) is 17.5 Å². The van der Waals surface area contributed by atoms with Gasteiger partial charge in [0, 0.05) is 36.4 Å². The molecule has 0 unspecified atom stereocenters. The summed E-state index contributed by atoms with van der Waals surface area (Å²) in [4.78, 5) is 22.0. The molecule has 1 aliphatic carbocycles. The maximum Gasteiger partial charge on any atom is 0.221 e. The topological polar surface area (TPSA) is 86.7 Å². The molecule has 6 nitrogen and oxygen atoms in total. The molecule has 7 heteroatoms. The Bertz CT molecular complexity index is 1280. The van der Waals surface area contributed by atoms with Gasteiger partial charge in [-0.15, -0.1) is 0 Å². The number of ketones is 1. The van der Waals surface area contributed by atoms with Crippen LogP contribution in [0.2, 0.25) is 0 Å². The fourth-order valence-electron chi connectivity index (χ4n) is 3.82. The van der Waals surface area contributed by atoms with Gasteiger partial charge in [-0.05, 0) is 35.4 Å². The molecule has 1 aliphatic rings. The first kappa shape index (κ1) is 17.2. The van der Waals surface area contributed by atoms with Crippen LogP contribution in [0, 0.1) is 5.82 Å². The van der Waals surface area contributed by atoms with Crippen molar-refractivity contribution in [3.05, 3.63) is 82.9 Å². The van der Waals surface area contributed by atoms with Crippen LogP contribution in [0.3, 0.4) is 0 Å². The SMILES string of the molecule is Cn1cc(Cc2cccc3c2-c2nc(N)nc(-c4ccc(F)cc4)c2C3=O)cn1. The van der Waals surface area contributed by atoms with E-state index in [0.29, 0.717) is 34.5 Å². The van der Waals surface area contributed by atoms with Crippen molar-refractivity contribution in [1.82, 2.24) is 19.7 Å². The van der Waals surface area contributed by atoms with Crippen molar-refractivity contribution in [2.45, 2.75) is 6.42 Å². The van der Waals surface area contributed by atoms with Gasteiger partial charge < -0.3 is 5.73 Å². The van der Waals surface area contributed by atoms with E-state index in [1.807, 2.05) is 25.4 Å². The monoisotopic (exact) mass is 385 g/mol. The van der Waals surface area contributed by atoms with E-state index in [1.54, 1.807) is 29.1 Å². The summed E-state index contributed by atoms with van der Waals surface area (Å²) >= 11 is 0. The van der Waals surface area contributed by atoms with Crippen LogP contribution in [-0.2, 0) is 13.5 Å². The fraction of sp³-hybridized carbons (Fsp3) is 0.0909. The van der Waals surface area contributed by atoms with Gasteiger partial charge >= 0.3 is 0 Å². The molecule has 29 heavy (non-hydrogen) atoms. The van der Waals surface area contributed by atoms with Crippen LogP contribution in [0.1, 0.15) is 27.0 Å². The third-order valence-corrected chi connectivity index (χ3v) is 5.06. The predicted molar refractivity (Wildman–Crippen MR) is 107 cm³/mol. The molecule has 0 saturated heterocycles. The van der Waals surface area contributed by atoms with Gasteiger partial charge in [-0.25, -0.2) is 14.4 Å². The average Bonchev–Trinajstić information content (AvgIpc) is 3.24. The van der Waals surface area contributed by atoms with Crippen LogP contribution in [0.5, 0.6) is 0 Å². The van der Waals surface area contributed by atoms with Gasteiger partial charge in [0.2, 0.25) is 5.95 Å². The lowest BCUT2D eigenvalue weighted by molar-refractivity contribution is 0.104. The van der Waals surface area contributed by atoms with Gasteiger partial charge in [0.25, 0.3) is 0 Å². The minimum absolute atomic E-state index is 0.0694. The number of aryl methyl sites for hydroxylation is 1. The zero-order valence-electron chi connectivity index (χ0n) is 15.6. The van der Waals surface area contributed by atoms with Crippen LogP contribution in [0.4, 0.5) is 10.3 Å². The van der Waals surface area contributed by atoms with Crippen LogP contribution in [0.15, 0.2) is 54.9 Å². The van der Waals surface area contributed by atoms with Crippen molar-refractivity contribution in [2.24, 2.45) is 7.05 Å². The summed E-state index contributed by atoms with van der Waals surface area (Å²) in [5.74, 6) is -0.442. The van der Waals surface area contributed by atoms with Crippen molar-refractivity contribution < 1.29 is 9.18 Å². The summed E-state index contributed by atoms with van der Waals surface area (Å²) < 4.78 is 15.1. The van der Waals surface area contributed by atoms with Gasteiger partial charge in [0.15, 0.2) is 5.78 Å². The van der Waals surface area contributed by atoms with Gasteiger partial charge in [0.1, 0.15) is 5.82 Å². The number of nitrogens with zero attached hydrogens (tertiary/aromatic N) is 4. The number of hydrogen-bond acceptors (Lipinski definition) is 5. The molecule has 0 bridgehead atoms. The highest BCUT2D eigenvalue weighted by Crippen LogP contribution is 2.42. The number of rotatable bonds is 3. The summed E-state index contributed by atoms with van der Waals surface area (Å²) in [6, 6.07) is 11.5. The molecule has 0 aliphatic heterocycles. The standard InChI is InChI=1S/C22H16FN5O/c1-28-11-12(10-25-28)9-14-3-2-4-16-17(14)20-18(21(16)29)19(26-22(24)27-20)13-5-7-15(23)8-6-13/h2-8,10-11H,9H2,1H3,(H2,24,26,27). The molecule has 2 aromatic carbocycles. The summed E-state index contributed by atoms with van der Waals surface area (Å²) in [5.41, 5.74) is 11.3. The highest BCUT2D eigenvalue weighted by atomic mass is 19.1. The zero-order valence-corrected chi connectivity index (χ0v) is 15.6. The number of nitrogens with two attached hydrogens (primary N) is 1. The van der Waals surface area contributed by atoms with Crippen molar-refractivity contribution in [3.63, 3.8) is 0 Å². The molecular formula is C22H16FN5O. The minimum Gasteiger partial charge on any atom is -0.368 e.